The Labute approximate surface area is 123 Å². The van der Waals surface area contributed by atoms with Crippen LogP contribution in [0.3, 0.4) is 0 Å². The first kappa shape index (κ1) is 16.2. The summed E-state index contributed by atoms with van der Waals surface area (Å²) < 4.78 is 11.2. The lowest BCUT2D eigenvalue weighted by atomic mass is 9.91. The Bertz CT molecular complexity index is 278. The Hall–Kier alpha value is -0.200. The molecule has 0 aromatic rings. The first-order chi connectivity index (χ1) is 9.59. The van der Waals surface area contributed by atoms with E-state index in [1.165, 1.54) is 0 Å². The van der Waals surface area contributed by atoms with Crippen molar-refractivity contribution in [2.45, 2.75) is 26.4 Å². The second kappa shape index (κ2) is 7.71. The molecule has 0 spiro atoms. The molecule has 2 aliphatic rings. The zero-order valence-electron chi connectivity index (χ0n) is 13.1. The van der Waals surface area contributed by atoms with Gasteiger partial charge in [0, 0.05) is 39.3 Å². The van der Waals surface area contributed by atoms with E-state index in [-0.39, 0.29) is 0 Å². The Morgan fingerprint density at radius 2 is 1.70 bits per heavy atom. The van der Waals surface area contributed by atoms with Gasteiger partial charge >= 0.3 is 0 Å². The highest BCUT2D eigenvalue weighted by Crippen LogP contribution is 2.21. The molecule has 1 unspecified atom stereocenters. The number of morpholine rings is 2. The first-order valence-corrected chi connectivity index (χ1v) is 7.93. The van der Waals surface area contributed by atoms with Gasteiger partial charge in [-0.15, -0.1) is 0 Å². The van der Waals surface area contributed by atoms with E-state index in [0.717, 1.165) is 72.1 Å². The molecule has 0 saturated carbocycles. The lowest BCUT2D eigenvalue weighted by Crippen LogP contribution is -2.50. The van der Waals surface area contributed by atoms with Gasteiger partial charge in [-0.05, 0) is 18.4 Å². The van der Waals surface area contributed by atoms with Crippen molar-refractivity contribution in [1.82, 2.24) is 9.80 Å². The summed E-state index contributed by atoms with van der Waals surface area (Å²) in [6, 6.07) is 0. The van der Waals surface area contributed by atoms with E-state index >= 15 is 0 Å². The van der Waals surface area contributed by atoms with Crippen LogP contribution in [0.4, 0.5) is 0 Å². The minimum atomic E-state index is 0.307. The lowest BCUT2D eigenvalue weighted by Gasteiger charge is -2.40. The van der Waals surface area contributed by atoms with E-state index in [2.05, 4.69) is 23.6 Å². The molecule has 0 bridgehead atoms. The van der Waals surface area contributed by atoms with Gasteiger partial charge in [0.25, 0.3) is 0 Å². The molecule has 20 heavy (non-hydrogen) atoms. The predicted octanol–water partition coefficient (Wildman–Crippen LogP) is 0.394. The van der Waals surface area contributed by atoms with Crippen LogP contribution in [0.5, 0.6) is 0 Å². The van der Waals surface area contributed by atoms with Gasteiger partial charge in [-0.3, -0.25) is 9.80 Å². The van der Waals surface area contributed by atoms with Crippen LogP contribution in [0.2, 0.25) is 0 Å². The molecule has 0 aromatic heterocycles. The quantitative estimate of drug-likeness (QED) is 0.765. The minimum absolute atomic E-state index is 0.307. The molecule has 1 atom stereocenters. The van der Waals surface area contributed by atoms with Crippen molar-refractivity contribution in [1.29, 1.82) is 0 Å². The Morgan fingerprint density at radius 1 is 1.05 bits per heavy atom. The molecule has 5 heteroatoms. The molecule has 0 aromatic carbocycles. The van der Waals surface area contributed by atoms with Crippen molar-refractivity contribution in [2.75, 3.05) is 65.6 Å². The third kappa shape index (κ3) is 5.30. The maximum atomic E-state index is 5.76. The van der Waals surface area contributed by atoms with Gasteiger partial charge in [-0.1, -0.05) is 13.8 Å². The van der Waals surface area contributed by atoms with Crippen LogP contribution in [-0.2, 0) is 9.47 Å². The number of hydrogen-bond acceptors (Lipinski definition) is 5. The fourth-order valence-electron chi connectivity index (χ4n) is 3.30. The Kier molecular flexibility index (Phi) is 6.23. The molecule has 2 saturated heterocycles. The molecule has 2 heterocycles. The SMILES string of the molecule is CC(C)(CN1CCOCC1)CN1CCOC(CCN)C1. The van der Waals surface area contributed by atoms with Crippen LogP contribution in [0.15, 0.2) is 0 Å². The summed E-state index contributed by atoms with van der Waals surface area (Å²) >= 11 is 0. The van der Waals surface area contributed by atoms with Crippen LogP contribution in [0, 0.1) is 5.41 Å². The fraction of sp³-hybridized carbons (Fsp3) is 1.00. The van der Waals surface area contributed by atoms with E-state index in [4.69, 9.17) is 15.2 Å². The van der Waals surface area contributed by atoms with Crippen molar-refractivity contribution in [2.24, 2.45) is 11.1 Å². The number of nitrogens with two attached hydrogens (primary N) is 1. The number of nitrogens with zero attached hydrogens (tertiary/aromatic N) is 2. The van der Waals surface area contributed by atoms with E-state index < -0.39 is 0 Å². The van der Waals surface area contributed by atoms with E-state index in [0.29, 0.717) is 11.5 Å². The van der Waals surface area contributed by atoms with Crippen molar-refractivity contribution < 1.29 is 9.47 Å². The largest absolute Gasteiger partial charge is 0.379 e. The number of ether oxygens (including phenoxy) is 2. The highest BCUT2D eigenvalue weighted by Gasteiger charge is 2.28. The minimum Gasteiger partial charge on any atom is -0.379 e. The normalized spacial score (nSPS) is 26.9. The van der Waals surface area contributed by atoms with Gasteiger partial charge in [0.1, 0.15) is 0 Å². The maximum absolute atomic E-state index is 5.76. The Balaban J connectivity index is 1.77. The Morgan fingerprint density at radius 3 is 2.40 bits per heavy atom. The van der Waals surface area contributed by atoms with Gasteiger partial charge < -0.3 is 15.2 Å². The average molecular weight is 285 g/mol. The summed E-state index contributed by atoms with van der Waals surface area (Å²) in [4.78, 5) is 5.07. The van der Waals surface area contributed by atoms with Crippen LogP contribution >= 0.6 is 0 Å². The second-order valence-corrected chi connectivity index (χ2v) is 6.86. The smallest absolute Gasteiger partial charge is 0.0714 e. The molecule has 2 rings (SSSR count). The summed E-state index contributed by atoms with van der Waals surface area (Å²) in [7, 11) is 0. The molecule has 2 N–H and O–H groups in total. The van der Waals surface area contributed by atoms with Crippen LogP contribution in [-0.4, -0.2) is 81.5 Å². The molecule has 5 nitrogen and oxygen atoms in total. The maximum Gasteiger partial charge on any atom is 0.0714 e. The molecule has 2 fully saturated rings. The number of hydrogen-bond donors (Lipinski definition) is 1. The highest BCUT2D eigenvalue weighted by molar-refractivity contribution is 4.82. The van der Waals surface area contributed by atoms with E-state index in [1.54, 1.807) is 0 Å². The fourth-order valence-corrected chi connectivity index (χ4v) is 3.30. The third-order valence-corrected chi connectivity index (χ3v) is 4.12. The highest BCUT2D eigenvalue weighted by atomic mass is 16.5. The molecule has 0 amide bonds. The second-order valence-electron chi connectivity index (χ2n) is 6.86. The number of rotatable bonds is 6. The topological polar surface area (TPSA) is 51.0 Å². The van der Waals surface area contributed by atoms with Crippen molar-refractivity contribution in [3.8, 4) is 0 Å². The molecule has 2 aliphatic heterocycles. The predicted molar refractivity (Wildman–Crippen MR) is 80.9 cm³/mol. The van der Waals surface area contributed by atoms with Crippen LogP contribution in [0.1, 0.15) is 20.3 Å². The zero-order valence-corrected chi connectivity index (χ0v) is 13.1. The van der Waals surface area contributed by atoms with Crippen LogP contribution in [0.25, 0.3) is 0 Å². The zero-order chi connectivity index (χ0) is 14.4. The van der Waals surface area contributed by atoms with Crippen molar-refractivity contribution >= 4 is 0 Å². The van der Waals surface area contributed by atoms with Gasteiger partial charge in [0.05, 0.1) is 25.9 Å². The van der Waals surface area contributed by atoms with Crippen molar-refractivity contribution in [3.63, 3.8) is 0 Å². The van der Waals surface area contributed by atoms with Crippen LogP contribution < -0.4 is 5.73 Å². The molecule has 0 radical (unpaired) electrons. The van der Waals surface area contributed by atoms with Crippen molar-refractivity contribution in [3.05, 3.63) is 0 Å². The summed E-state index contributed by atoms with van der Waals surface area (Å²) in [6.07, 6.45) is 1.30. The monoisotopic (exact) mass is 285 g/mol. The third-order valence-electron chi connectivity index (χ3n) is 4.12. The lowest BCUT2D eigenvalue weighted by molar-refractivity contribution is -0.0463. The van der Waals surface area contributed by atoms with Gasteiger partial charge in [-0.2, -0.15) is 0 Å². The van der Waals surface area contributed by atoms with Gasteiger partial charge in [0.15, 0.2) is 0 Å². The average Bonchev–Trinajstić information content (AvgIpc) is 2.39. The summed E-state index contributed by atoms with van der Waals surface area (Å²) in [5, 5.41) is 0. The summed E-state index contributed by atoms with van der Waals surface area (Å²) in [5.41, 5.74) is 5.95. The standard InChI is InChI=1S/C15H31N3O2/c1-15(2,12-17-5-8-19-9-6-17)13-18-7-10-20-14(11-18)3-4-16/h14H,3-13,16H2,1-2H3. The first-order valence-electron chi connectivity index (χ1n) is 7.93. The molecule has 118 valence electrons. The molecular weight excluding hydrogens is 254 g/mol. The molecule has 0 aliphatic carbocycles. The molecular formula is C15H31N3O2. The summed E-state index contributed by atoms with van der Waals surface area (Å²) in [5.74, 6) is 0. The summed E-state index contributed by atoms with van der Waals surface area (Å²) in [6.45, 7) is 14.6. The van der Waals surface area contributed by atoms with Gasteiger partial charge in [-0.25, -0.2) is 0 Å². The van der Waals surface area contributed by atoms with E-state index in [1.807, 2.05) is 0 Å². The van der Waals surface area contributed by atoms with E-state index in [9.17, 15) is 0 Å². The van der Waals surface area contributed by atoms with Gasteiger partial charge in [0.2, 0.25) is 0 Å².